The summed E-state index contributed by atoms with van der Waals surface area (Å²) in [5.41, 5.74) is -0.549. The predicted molar refractivity (Wildman–Crippen MR) is 101 cm³/mol. The first-order valence-corrected chi connectivity index (χ1v) is 9.21. The van der Waals surface area contributed by atoms with Gasteiger partial charge >= 0.3 is 0 Å². The lowest BCUT2D eigenvalue weighted by molar-refractivity contribution is -0.126. The van der Waals surface area contributed by atoms with Gasteiger partial charge in [0.1, 0.15) is 0 Å². The average molecular weight is 358 g/mol. The fourth-order valence-corrected chi connectivity index (χ4v) is 3.52. The lowest BCUT2D eigenvalue weighted by atomic mass is 9.95. The Balaban J connectivity index is 1.58. The minimum Gasteiger partial charge on any atom is -0.354 e. The molecule has 26 heavy (non-hydrogen) atoms. The molecule has 1 fully saturated rings. The molecule has 1 aromatic carbocycles. The summed E-state index contributed by atoms with van der Waals surface area (Å²) in [5, 5.41) is 6.26. The number of hydrogen-bond acceptors (Lipinski definition) is 4. The van der Waals surface area contributed by atoms with E-state index >= 15 is 0 Å². The van der Waals surface area contributed by atoms with E-state index in [1.165, 1.54) is 4.68 Å². The Hall–Kier alpha value is -2.41. The molecule has 1 saturated heterocycles. The van der Waals surface area contributed by atoms with E-state index in [1.54, 1.807) is 24.3 Å². The van der Waals surface area contributed by atoms with Gasteiger partial charge in [0, 0.05) is 18.5 Å². The van der Waals surface area contributed by atoms with Crippen molar-refractivity contribution < 1.29 is 4.79 Å². The SMILES string of the molecule is CC(C)N1CCC(C(=O)NCCn2[nH]c(=O)c3ccccc3c2=O)CC1. The number of aromatic amines is 1. The highest BCUT2D eigenvalue weighted by molar-refractivity contribution is 5.80. The molecule has 1 aromatic heterocycles. The van der Waals surface area contributed by atoms with Gasteiger partial charge in [-0.05, 0) is 51.9 Å². The van der Waals surface area contributed by atoms with Crippen LogP contribution in [0.5, 0.6) is 0 Å². The summed E-state index contributed by atoms with van der Waals surface area (Å²) < 4.78 is 1.27. The van der Waals surface area contributed by atoms with Crippen LogP contribution in [0.2, 0.25) is 0 Å². The van der Waals surface area contributed by atoms with Gasteiger partial charge in [-0.2, -0.15) is 0 Å². The number of aromatic nitrogens is 2. The molecule has 0 bridgehead atoms. The van der Waals surface area contributed by atoms with Gasteiger partial charge < -0.3 is 10.2 Å². The van der Waals surface area contributed by atoms with Crippen LogP contribution < -0.4 is 16.4 Å². The molecule has 1 aliphatic rings. The first kappa shape index (κ1) is 18.4. The molecule has 7 heteroatoms. The highest BCUT2D eigenvalue weighted by atomic mass is 16.2. The molecule has 2 N–H and O–H groups in total. The largest absolute Gasteiger partial charge is 0.354 e. The second-order valence-corrected chi connectivity index (χ2v) is 7.14. The highest BCUT2D eigenvalue weighted by Gasteiger charge is 2.25. The second-order valence-electron chi connectivity index (χ2n) is 7.14. The maximum absolute atomic E-state index is 12.4. The first-order valence-electron chi connectivity index (χ1n) is 9.21. The molecule has 1 amide bonds. The van der Waals surface area contributed by atoms with Gasteiger partial charge in [-0.1, -0.05) is 12.1 Å². The Kier molecular flexibility index (Phi) is 5.56. The van der Waals surface area contributed by atoms with E-state index in [2.05, 4.69) is 29.2 Å². The Morgan fingerprint density at radius 2 is 1.85 bits per heavy atom. The standard InChI is InChI=1S/C19H26N4O3/c1-13(2)22-10-7-14(8-11-22)17(24)20-9-12-23-19(26)16-6-4-3-5-15(16)18(25)21-23/h3-6,13-14H,7-12H2,1-2H3,(H,20,24)(H,21,25). The summed E-state index contributed by atoms with van der Waals surface area (Å²) in [7, 11) is 0. The van der Waals surface area contributed by atoms with Crippen molar-refractivity contribution in [3.05, 3.63) is 45.0 Å². The molecule has 3 rings (SSSR count). The Morgan fingerprint density at radius 3 is 2.50 bits per heavy atom. The van der Waals surface area contributed by atoms with Crippen LogP contribution in [0.3, 0.4) is 0 Å². The molecule has 0 unspecified atom stereocenters. The predicted octanol–water partition coefficient (Wildman–Crippen LogP) is 0.926. The number of H-pyrrole nitrogens is 1. The van der Waals surface area contributed by atoms with Gasteiger partial charge in [0.15, 0.2) is 0 Å². The van der Waals surface area contributed by atoms with Gasteiger partial charge in [0.2, 0.25) is 5.91 Å². The van der Waals surface area contributed by atoms with E-state index in [0.717, 1.165) is 25.9 Å². The summed E-state index contributed by atoms with van der Waals surface area (Å²) in [5.74, 6) is 0.0574. The molecule has 2 aromatic rings. The molecule has 0 radical (unpaired) electrons. The Bertz CT molecular complexity index is 892. The number of likely N-dealkylation sites (tertiary alicyclic amines) is 1. The number of carbonyl (C=O) groups is 1. The van der Waals surface area contributed by atoms with Crippen molar-refractivity contribution in [3.63, 3.8) is 0 Å². The van der Waals surface area contributed by atoms with Crippen LogP contribution >= 0.6 is 0 Å². The van der Waals surface area contributed by atoms with Crippen molar-refractivity contribution in [1.29, 1.82) is 0 Å². The fraction of sp³-hybridized carbons (Fsp3) is 0.526. The summed E-state index contributed by atoms with van der Waals surface area (Å²) in [4.78, 5) is 39.2. The Morgan fingerprint density at radius 1 is 1.19 bits per heavy atom. The van der Waals surface area contributed by atoms with Crippen LogP contribution in [-0.4, -0.2) is 46.3 Å². The average Bonchev–Trinajstić information content (AvgIpc) is 2.65. The van der Waals surface area contributed by atoms with E-state index < -0.39 is 0 Å². The van der Waals surface area contributed by atoms with Gasteiger partial charge in [-0.25, -0.2) is 4.68 Å². The smallest absolute Gasteiger partial charge is 0.273 e. The maximum atomic E-state index is 12.4. The molecular weight excluding hydrogens is 332 g/mol. The van der Waals surface area contributed by atoms with Gasteiger partial charge in [-0.15, -0.1) is 0 Å². The number of nitrogens with one attached hydrogen (secondary N) is 2. The van der Waals surface area contributed by atoms with Crippen LogP contribution in [-0.2, 0) is 11.3 Å². The molecule has 2 heterocycles. The monoisotopic (exact) mass is 358 g/mol. The molecule has 140 valence electrons. The lowest BCUT2D eigenvalue weighted by Gasteiger charge is -2.33. The van der Waals surface area contributed by atoms with Gasteiger partial charge in [0.25, 0.3) is 11.1 Å². The quantitative estimate of drug-likeness (QED) is 0.832. The number of benzene rings is 1. The third-order valence-electron chi connectivity index (χ3n) is 5.15. The van der Waals surface area contributed by atoms with Crippen molar-refractivity contribution in [1.82, 2.24) is 20.0 Å². The molecular formula is C19H26N4O3. The van der Waals surface area contributed by atoms with Crippen molar-refractivity contribution in [3.8, 4) is 0 Å². The number of amides is 1. The minimum absolute atomic E-state index is 0.0253. The summed E-state index contributed by atoms with van der Waals surface area (Å²) >= 11 is 0. The van der Waals surface area contributed by atoms with Crippen LogP contribution in [0, 0.1) is 5.92 Å². The third-order valence-corrected chi connectivity index (χ3v) is 5.15. The van der Waals surface area contributed by atoms with Crippen molar-refractivity contribution in [2.45, 2.75) is 39.3 Å². The van der Waals surface area contributed by atoms with Gasteiger partial charge in [-0.3, -0.25) is 19.5 Å². The van der Waals surface area contributed by atoms with E-state index in [9.17, 15) is 14.4 Å². The topological polar surface area (TPSA) is 87.2 Å². The molecule has 0 spiro atoms. The van der Waals surface area contributed by atoms with Gasteiger partial charge in [0.05, 0.1) is 17.3 Å². The van der Waals surface area contributed by atoms with Crippen LogP contribution in [0.25, 0.3) is 10.8 Å². The molecule has 1 aliphatic heterocycles. The highest BCUT2D eigenvalue weighted by Crippen LogP contribution is 2.18. The molecule has 0 atom stereocenters. The zero-order chi connectivity index (χ0) is 18.7. The van der Waals surface area contributed by atoms with Crippen molar-refractivity contribution >= 4 is 16.7 Å². The van der Waals surface area contributed by atoms with Crippen LogP contribution in [0.1, 0.15) is 26.7 Å². The molecule has 0 saturated carbocycles. The fourth-order valence-electron chi connectivity index (χ4n) is 3.52. The van der Waals surface area contributed by atoms with Crippen molar-refractivity contribution in [2.75, 3.05) is 19.6 Å². The number of nitrogens with zero attached hydrogens (tertiary/aromatic N) is 2. The number of fused-ring (bicyclic) bond motifs is 1. The number of piperidine rings is 1. The number of hydrogen-bond donors (Lipinski definition) is 2. The normalized spacial score (nSPS) is 16.3. The van der Waals surface area contributed by atoms with Crippen LogP contribution in [0.15, 0.2) is 33.9 Å². The third kappa shape index (κ3) is 3.88. The van der Waals surface area contributed by atoms with E-state index in [-0.39, 0.29) is 29.5 Å². The summed E-state index contributed by atoms with van der Waals surface area (Å²) in [6.07, 6.45) is 1.72. The van der Waals surface area contributed by atoms with E-state index in [0.29, 0.717) is 23.4 Å². The molecule has 7 nitrogen and oxygen atoms in total. The second kappa shape index (κ2) is 7.86. The zero-order valence-corrected chi connectivity index (χ0v) is 15.3. The maximum Gasteiger partial charge on any atom is 0.273 e. The lowest BCUT2D eigenvalue weighted by Crippen LogP contribution is -2.44. The Labute approximate surface area is 152 Å². The van der Waals surface area contributed by atoms with Crippen LogP contribution in [0.4, 0.5) is 0 Å². The van der Waals surface area contributed by atoms with E-state index in [1.807, 2.05) is 0 Å². The summed E-state index contributed by atoms with van der Waals surface area (Å²) in [6, 6.07) is 7.25. The van der Waals surface area contributed by atoms with E-state index in [4.69, 9.17) is 0 Å². The summed E-state index contributed by atoms with van der Waals surface area (Å²) in [6.45, 7) is 6.78. The minimum atomic E-state index is -0.299. The number of rotatable bonds is 5. The van der Waals surface area contributed by atoms with Crippen molar-refractivity contribution in [2.24, 2.45) is 5.92 Å². The zero-order valence-electron chi connectivity index (χ0n) is 15.3. The number of carbonyl (C=O) groups excluding carboxylic acids is 1. The molecule has 0 aliphatic carbocycles. The first-order chi connectivity index (χ1) is 12.5.